The second kappa shape index (κ2) is 14.7. The first-order valence-electron chi connectivity index (χ1n) is 16.3. The molecule has 0 atom stereocenters. The van der Waals surface area contributed by atoms with E-state index >= 15 is 0 Å². The molecule has 2 aliphatic carbocycles. The second-order valence-corrected chi connectivity index (χ2v) is 13.6. The molecule has 0 saturated heterocycles. The number of carbonyl (C=O) groups excluding carboxylic acids is 1. The lowest BCUT2D eigenvalue weighted by Gasteiger charge is -2.29. The van der Waals surface area contributed by atoms with Crippen LogP contribution in [0.25, 0.3) is 0 Å². The van der Waals surface area contributed by atoms with E-state index in [2.05, 4.69) is 106 Å². The van der Waals surface area contributed by atoms with Gasteiger partial charge in [0.25, 0.3) is 0 Å². The third-order valence-corrected chi connectivity index (χ3v) is 9.77. The maximum Gasteiger partial charge on any atom is 0.129 e. The van der Waals surface area contributed by atoms with E-state index in [9.17, 15) is 4.79 Å². The zero-order chi connectivity index (χ0) is 31.0. The van der Waals surface area contributed by atoms with Crippen molar-refractivity contribution in [2.75, 3.05) is 13.1 Å². The summed E-state index contributed by atoms with van der Waals surface area (Å²) in [4.78, 5) is 18.9. The first-order valence-corrected chi connectivity index (χ1v) is 16.7. The maximum absolute atomic E-state index is 11.4. The highest BCUT2D eigenvalue weighted by atomic mass is 35.5. The summed E-state index contributed by atoms with van der Waals surface area (Å²) in [7, 11) is 0. The Bertz CT molecular complexity index is 1380. The summed E-state index contributed by atoms with van der Waals surface area (Å²) in [5.74, 6) is 0.289. The van der Waals surface area contributed by atoms with Crippen LogP contribution in [-0.2, 0) is 10.2 Å². The van der Waals surface area contributed by atoms with E-state index in [1.807, 2.05) is 0 Å². The summed E-state index contributed by atoms with van der Waals surface area (Å²) in [6.07, 6.45) is 22.8. The molecule has 0 fully saturated rings. The number of hydrogen-bond donors (Lipinski definition) is 0. The van der Waals surface area contributed by atoms with Crippen LogP contribution in [0.4, 0.5) is 0 Å². The molecule has 0 spiro atoms. The van der Waals surface area contributed by atoms with Gasteiger partial charge in [0.1, 0.15) is 5.78 Å². The molecular weight excluding hydrogens is 548 g/mol. The predicted molar refractivity (Wildman–Crippen MR) is 185 cm³/mol. The van der Waals surface area contributed by atoms with Gasteiger partial charge in [-0.1, -0.05) is 100 Å². The molecule has 0 radical (unpaired) electrons. The minimum absolute atomic E-state index is 0.0508. The van der Waals surface area contributed by atoms with Crippen molar-refractivity contribution < 1.29 is 4.79 Å². The lowest BCUT2D eigenvalue weighted by molar-refractivity contribution is -0.117. The number of benzene rings is 1. The monoisotopic (exact) mass is 598 g/mol. The fourth-order valence-corrected chi connectivity index (χ4v) is 7.01. The van der Waals surface area contributed by atoms with Gasteiger partial charge < -0.3 is 9.69 Å². The Morgan fingerprint density at radius 2 is 1.84 bits per heavy atom. The highest BCUT2D eigenvalue weighted by Crippen LogP contribution is 2.50. The summed E-state index contributed by atoms with van der Waals surface area (Å²) in [6, 6.07) is 10.6. The zero-order valence-corrected chi connectivity index (χ0v) is 28.1. The number of aliphatic imine (C=N–C) groups is 1. The Hall–Kier alpha value is -2.91. The zero-order valence-electron chi connectivity index (χ0n) is 27.3. The predicted octanol–water partition coefficient (Wildman–Crippen LogP) is 10.6. The molecule has 1 aliphatic heterocycles. The summed E-state index contributed by atoms with van der Waals surface area (Å²) in [6.45, 7) is 14.7. The lowest BCUT2D eigenvalue weighted by atomic mass is 9.79. The van der Waals surface area contributed by atoms with Gasteiger partial charge in [-0.05, 0) is 93.2 Å². The second-order valence-electron chi connectivity index (χ2n) is 13.2. The SMILES string of the molecule is CCN=C(/C=C/C1=C(Cl)C(=C/C=C2/N(CCCCCC(C)=O)C3=C(C=CCC3)C2(C)C)/CCC1)C(C)(C)c1ccccc1. The third-order valence-electron chi connectivity index (χ3n) is 9.29. The van der Waals surface area contributed by atoms with Crippen molar-refractivity contribution in [2.24, 2.45) is 10.4 Å². The number of carbonyl (C=O) groups is 1. The molecule has 0 amide bonds. The molecule has 43 heavy (non-hydrogen) atoms. The number of nitrogens with zero attached hydrogens (tertiary/aromatic N) is 2. The minimum atomic E-state index is -0.192. The number of rotatable bonds is 12. The average Bonchev–Trinajstić information content (AvgIpc) is 3.20. The number of hydrogen-bond acceptors (Lipinski definition) is 3. The van der Waals surface area contributed by atoms with Gasteiger partial charge in [0.15, 0.2) is 0 Å². The van der Waals surface area contributed by atoms with Crippen LogP contribution < -0.4 is 0 Å². The molecule has 0 saturated carbocycles. The lowest BCUT2D eigenvalue weighted by Crippen LogP contribution is -2.28. The Balaban J connectivity index is 1.59. The van der Waals surface area contributed by atoms with E-state index in [-0.39, 0.29) is 16.6 Å². The van der Waals surface area contributed by atoms with Crippen LogP contribution in [0, 0.1) is 5.41 Å². The number of allylic oxidation sites excluding steroid dienone is 11. The molecule has 1 aromatic carbocycles. The van der Waals surface area contributed by atoms with Gasteiger partial charge in [-0.25, -0.2) is 0 Å². The maximum atomic E-state index is 11.4. The molecule has 3 aliphatic rings. The van der Waals surface area contributed by atoms with Crippen LogP contribution in [0.3, 0.4) is 0 Å². The number of unbranched alkanes of at least 4 members (excludes halogenated alkanes) is 2. The van der Waals surface area contributed by atoms with Crippen molar-refractivity contribution in [2.45, 2.75) is 105 Å². The molecule has 4 rings (SSSR count). The van der Waals surface area contributed by atoms with Gasteiger partial charge in [0.2, 0.25) is 0 Å². The van der Waals surface area contributed by atoms with E-state index in [0.29, 0.717) is 6.42 Å². The van der Waals surface area contributed by atoms with Gasteiger partial charge in [-0.3, -0.25) is 4.99 Å². The van der Waals surface area contributed by atoms with E-state index < -0.39 is 0 Å². The fourth-order valence-electron chi connectivity index (χ4n) is 6.70. The largest absolute Gasteiger partial charge is 0.347 e. The highest BCUT2D eigenvalue weighted by Gasteiger charge is 2.41. The van der Waals surface area contributed by atoms with Crippen LogP contribution in [0.1, 0.15) is 105 Å². The van der Waals surface area contributed by atoms with Crippen LogP contribution in [0.2, 0.25) is 0 Å². The number of halogens is 1. The highest BCUT2D eigenvalue weighted by molar-refractivity contribution is 6.32. The number of ketones is 1. The smallest absolute Gasteiger partial charge is 0.129 e. The molecule has 3 nitrogen and oxygen atoms in total. The summed E-state index contributed by atoms with van der Waals surface area (Å²) in [5, 5.41) is 0.886. The fraction of sp³-hybridized carbons (Fsp3) is 0.487. The van der Waals surface area contributed by atoms with Crippen molar-refractivity contribution in [3.8, 4) is 0 Å². The van der Waals surface area contributed by atoms with Crippen LogP contribution in [0.15, 0.2) is 105 Å². The van der Waals surface area contributed by atoms with Gasteiger partial charge in [-0.15, -0.1) is 0 Å². The minimum Gasteiger partial charge on any atom is -0.347 e. The van der Waals surface area contributed by atoms with Crippen molar-refractivity contribution in [3.05, 3.63) is 105 Å². The van der Waals surface area contributed by atoms with Crippen molar-refractivity contribution in [1.29, 1.82) is 0 Å². The summed E-state index contributed by atoms with van der Waals surface area (Å²) in [5.41, 5.74) is 8.79. The summed E-state index contributed by atoms with van der Waals surface area (Å²) < 4.78 is 0. The first kappa shape index (κ1) is 33.0. The van der Waals surface area contributed by atoms with Gasteiger partial charge in [0.05, 0.1) is 0 Å². The molecule has 0 aromatic heterocycles. The van der Waals surface area contributed by atoms with Crippen LogP contribution in [-0.4, -0.2) is 29.5 Å². The molecule has 230 valence electrons. The molecule has 1 aromatic rings. The Morgan fingerprint density at radius 1 is 1.07 bits per heavy atom. The van der Waals surface area contributed by atoms with E-state index in [0.717, 1.165) is 75.2 Å². The molecule has 0 N–H and O–H groups in total. The van der Waals surface area contributed by atoms with E-state index in [1.165, 1.54) is 33.7 Å². The van der Waals surface area contributed by atoms with Crippen molar-refractivity contribution in [1.82, 2.24) is 4.90 Å². The first-order chi connectivity index (χ1) is 20.6. The molecule has 0 bridgehead atoms. The molecule has 1 heterocycles. The van der Waals surface area contributed by atoms with Crippen molar-refractivity contribution in [3.63, 3.8) is 0 Å². The average molecular weight is 599 g/mol. The third kappa shape index (κ3) is 7.79. The molecule has 4 heteroatoms. The summed E-state index contributed by atoms with van der Waals surface area (Å²) >= 11 is 7.13. The molecule has 0 unspecified atom stereocenters. The van der Waals surface area contributed by atoms with Crippen LogP contribution in [0.5, 0.6) is 0 Å². The van der Waals surface area contributed by atoms with Gasteiger partial charge in [-0.2, -0.15) is 0 Å². The van der Waals surface area contributed by atoms with E-state index in [4.69, 9.17) is 16.6 Å². The van der Waals surface area contributed by atoms with Crippen molar-refractivity contribution >= 4 is 23.1 Å². The van der Waals surface area contributed by atoms with E-state index in [1.54, 1.807) is 6.92 Å². The standard InChI is InChI=1S/C39H51ClN2O/c1-7-41-35(38(3,4)32-20-11-8-12-21-32)26-24-30-18-16-19-31(37(30)40)25-27-36-39(5,6)33-22-13-14-23-34(33)42(36)28-15-9-10-17-29(2)43/h8,11-13,20-22,24-27H,7,9-10,14-19,23,28H2,1-6H3/b26-24+,31-25+,36-27+,41-35?. The quantitative estimate of drug-likeness (QED) is 0.177. The normalized spacial score (nSPS) is 21.1. The Kier molecular flexibility index (Phi) is 11.3. The Morgan fingerprint density at radius 3 is 2.56 bits per heavy atom. The number of Topliss-reactive ketones (excluding diaryl/α,β-unsaturated/α-hetero) is 1. The van der Waals surface area contributed by atoms with Gasteiger partial charge in [0, 0.05) is 52.5 Å². The Labute approximate surface area is 265 Å². The van der Waals surface area contributed by atoms with Crippen LogP contribution >= 0.6 is 11.6 Å². The van der Waals surface area contributed by atoms with Gasteiger partial charge >= 0.3 is 0 Å². The topological polar surface area (TPSA) is 32.7 Å². The molecular formula is C39H51ClN2O.